The molecule has 3 N–H and O–H groups in total. The largest absolute Gasteiger partial charge is 0.385 e. The Morgan fingerprint density at radius 1 is 1.38 bits per heavy atom. The van der Waals surface area contributed by atoms with E-state index in [2.05, 4.69) is 5.32 Å². The second-order valence-corrected chi connectivity index (χ2v) is 4.68. The summed E-state index contributed by atoms with van der Waals surface area (Å²) in [5.41, 5.74) is 6.79. The van der Waals surface area contributed by atoms with Crippen molar-refractivity contribution in [2.45, 2.75) is 31.7 Å². The molecule has 1 aliphatic carbocycles. The van der Waals surface area contributed by atoms with Crippen LogP contribution in [-0.4, -0.2) is 12.6 Å². The molecule has 0 amide bonds. The van der Waals surface area contributed by atoms with Crippen LogP contribution in [0.1, 0.15) is 25.7 Å². The van der Waals surface area contributed by atoms with Gasteiger partial charge in [-0.3, -0.25) is 0 Å². The van der Waals surface area contributed by atoms with Crippen molar-refractivity contribution in [2.24, 2.45) is 11.7 Å². The van der Waals surface area contributed by atoms with Crippen LogP contribution in [0.15, 0.2) is 24.3 Å². The van der Waals surface area contributed by atoms with Crippen LogP contribution >= 0.6 is 0 Å². The molecule has 2 unspecified atom stereocenters. The van der Waals surface area contributed by atoms with E-state index in [1.807, 2.05) is 6.07 Å². The van der Waals surface area contributed by atoms with Crippen LogP contribution in [0.2, 0.25) is 0 Å². The third-order valence-corrected chi connectivity index (χ3v) is 3.24. The number of nitrogens with two attached hydrogens (primary N) is 1. The second kappa shape index (κ2) is 5.30. The second-order valence-electron chi connectivity index (χ2n) is 4.68. The summed E-state index contributed by atoms with van der Waals surface area (Å²) in [5, 5.41) is 3.28. The molecule has 3 heteroatoms. The first kappa shape index (κ1) is 11.4. The Balaban J connectivity index is 1.82. The van der Waals surface area contributed by atoms with Crippen LogP contribution in [-0.2, 0) is 0 Å². The van der Waals surface area contributed by atoms with E-state index in [1.165, 1.54) is 25.0 Å². The van der Waals surface area contributed by atoms with Gasteiger partial charge >= 0.3 is 0 Å². The van der Waals surface area contributed by atoms with E-state index in [0.717, 1.165) is 25.1 Å². The Bertz CT molecular complexity index is 340. The zero-order valence-electron chi connectivity index (χ0n) is 9.45. The Morgan fingerprint density at radius 2 is 2.25 bits per heavy atom. The predicted molar refractivity (Wildman–Crippen MR) is 64.8 cm³/mol. The molecule has 0 spiro atoms. The molecule has 88 valence electrons. The topological polar surface area (TPSA) is 38.0 Å². The molecule has 1 aliphatic rings. The standard InChI is InChI=1S/C13H19FN2/c14-11-4-2-6-13(8-11)16-9-10-3-1-5-12(15)7-10/h2,4,6,8,10,12,16H,1,3,5,7,9,15H2. The van der Waals surface area contributed by atoms with Gasteiger partial charge in [0.25, 0.3) is 0 Å². The highest BCUT2D eigenvalue weighted by Gasteiger charge is 2.18. The average molecular weight is 222 g/mol. The minimum absolute atomic E-state index is 0.189. The molecule has 2 atom stereocenters. The average Bonchev–Trinajstić information content (AvgIpc) is 2.27. The van der Waals surface area contributed by atoms with Crippen molar-refractivity contribution in [2.75, 3.05) is 11.9 Å². The summed E-state index contributed by atoms with van der Waals surface area (Å²) < 4.78 is 12.9. The zero-order valence-corrected chi connectivity index (χ0v) is 9.45. The fraction of sp³-hybridized carbons (Fsp3) is 0.538. The number of halogens is 1. The van der Waals surface area contributed by atoms with Crippen LogP contribution in [0, 0.1) is 11.7 Å². The zero-order chi connectivity index (χ0) is 11.4. The number of anilines is 1. The van der Waals surface area contributed by atoms with Crippen molar-refractivity contribution in [3.8, 4) is 0 Å². The molecule has 0 heterocycles. The molecular weight excluding hydrogens is 203 g/mol. The van der Waals surface area contributed by atoms with Crippen molar-refractivity contribution >= 4 is 5.69 Å². The van der Waals surface area contributed by atoms with E-state index in [0.29, 0.717) is 12.0 Å². The molecule has 1 fully saturated rings. The Labute approximate surface area is 96.0 Å². The molecular formula is C13H19FN2. The van der Waals surface area contributed by atoms with Gasteiger partial charge in [-0.2, -0.15) is 0 Å². The molecule has 1 aromatic carbocycles. The first-order valence-corrected chi connectivity index (χ1v) is 5.99. The maximum Gasteiger partial charge on any atom is 0.125 e. The van der Waals surface area contributed by atoms with Gasteiger partial charge in [0.15, 0.2) is 0 Å². The van der Waals surface area contributed by atoms with Crippen molar-refractivity contribution in [3.63, 3.8) is 0 Å². The first-order chi connectivity index (χ1) is 7.74. The third-order valence-electron chi connectivity index (χ3n) is 3.24. The maximum absolute atomic E-state index is 12.9. The Morgan fingerprint density at radius 3 is 3.00 bits per heavy atom. The predicted octanol–water partition coefficient (Wildman–Crippen LogP) is 2.76. The molecule has 1 aromatic rings. The lowest BCUT2D eigenvalue weighted by Crippen LogP contribution is -2.30. The van der Waals surface area contributed by atoms with Crippen molar-refractivity contribution in [3.05, 3.63) is 30.1 Å². The highest BCUT2D eigenvalue weighted by Crippen LogP contribution is 2.23. The van der Waals surface area contributed by atoms with Crippen molar-refractivity contribution in [1.29, 1.82) is 0 Å². The SMILES string of the molecule is NC1CCCC(CNc2cccc(F)c2)C1. The van der Waals surface area contributed by atoms with Gasteiger partial charge in [0.05, 0.1) is 0 Å². The lowest BCUT2D eigenvalue weighted by Gasteiger charge is -2.27. The summed E-state index contributed by atoms with van der Waals surface area (Å²) in [6.07, 6.45) is 4.69. The summed E-state index contributed by atoms with van der Waals surface area (Å²) >= 11 is 0. The van der Waals surface area contributed by atoms with Gasteiger partial charge in [-0.15, -0.1) is 0 Å². The normalized spacial score (nSPS) is 25.4. The molecule has 0 bridgehead atoms. The smallest absolute Gasteiger partial charge is 0.125 e. The van der Waals surface area contributed by atoms with Gasteiger partial charge < -0.3 is 11.1 Å². The third kappa shape index (κ3) is 3.20. The van der Waals surface area contributed by atoms with Gasteiger partial charge in [-0.25, -0.2) is 4.39 Å². The van der Waals surface area contributed by atoms with E-state index >= 15 is 0 Å². The van der Waals surface area contributed by atoms with Gasteiger partial charge in [-0.1, -0.05) is 12.5 Å². The van der Waals surface area contributed by atoms with Gasteiger partial charge in [0.2, 0.25) is 0 Å². The van der Waals surface area contributed by atoms with Gasteiger partial charge in [0.1, 0.15) is 5.82 Å². The Kier molecular flexibility index (Phi) is 3.78. The summed E-state index contributed by atoms with van der Waals surface area (Å²) in [5.74, 6) is 0.442. The molecule has 1 saturated carbocycles. The van der Waals surface area contributed by atoms with E-state index in [4.69, 9.17) is 5.73 Å². The number of hydrogen-bond acceptors (Lipinski definition) is 2. The minimum atomic E-state index is -0.189. The Hall–Kier alpha value is -1.09. The summed E-state index contributed by atoms with van der Waals surface area (Å²) in [6, 6.07) is 6.97. The highest BCUT2D eigenvalue weighted by atomic mass is 19.1. The van der Waals surface area contributed by atoms with Crippen molar-refractivity contribution < 1.29 is 4.39 Å². The van der Waals surface area contributed by atoms with E-state index in [-0.39, 0.29) is 5.82 Å². The van der Waals surface area contributed by atoms with E-state index in [1.54, 1.807) is 6.07 Å². The van der Waals surface area contributed by atoms with Gasteiger partial charge in [0, 0.05) is 18.3 Å². The molecule has 0 aromatic heterocycles. The number of rotatable bonds is 3. The van der Waals surface area contributed by atoms with Crippen molar-refractivity contribution in [1.82, 2.24) is 0 Å². The molecule has 0 aliphatic heterocycles. The van der Waals surface area contributed by atoms with Gasteiger partial charge in [-0.05, 0) is 43.4 Å². The fourth-order valence-electron chi connectivity index (χ4n) is 2.38. The summed E-state index contributed by atoms with van der Waals surface area (Å²) in [6.45, 7) is 0.900. The monoisotopic (exact) mass is 222 g/mol. The number of nitrogens with one attached hydrogen (secondary N) is 1. The molecule has 0 radical (unpaired) electrons. The molecule has 2 rings (SSSR count). The maximum atomic E-state index is 12.9. The number of benzene rings is 1. The highest BCUT2D eigenvalue weighted by molar-refractivity contribution is 5.42. The molecule has 0 saturated heterocycles. The lowest BCUT2D eigenvalue weighted by atomic mass is 9.86. The van der Waals surface area contributed by atoms with Crippen LogP contribution in [0.5, 0.6) is 0 Å². The quantitative estimate of drug-likeness (QED) is 0.825. The minimum Gasteiger partial charge on any atom is -0.385 e. The van der Waals surface area contributed by atoms with E-state index < -0.39 is 0 Å². The summed E-state index contributed by atoms with van der Waals surface area (Å²) in [4.78, 5) is 0. The first-order valence-electron chi connectivity index (χ1n) is 5.99. The fourth-order valence-corrected chi connectivity index (χ4v) is 2.38. The van der Waals surface area contributed by atoms with Crippen LogP contribution in [0.4, 0.5) is 10.1 Å². The molecule has 2 nitrogen and oxygen atoms in total. The lowest BCUT2D eigenvalue weighted by molar-refractivity contribution is 0.335. The van der Waals surface area contributed by atoms with Crippen LogP contribution in [0.3, 0.4) is 0 Å². The van der Waals surface area contributed by atoms with E-state index in [9.17, 15) is 4.39 Å². The summed E-state index contributed by atoms with van der Waals surface area (Å²) in [7, 11) is 0. The number of hydrogen-bond donors (Lipinski definition) is 2. The van der Waals surface area contributed by atoms with Crippen LogP contribution in [0.25, 0.3) is 0 Å². The van der Waals surface area contributed by atoms with Crippen LogP contribution < -0.4 is 11.1 Å². The molecule has 16 heavy (non-hydrogen) atoms.